The van der Waals surface area contributed by atoms with E-state index in [2.05, 4.69) is 18.5 Å². The van der Waals surface area contributed by atoms with Crippen molar-refractivity contribution in [3.05, 3.63) is 24.9 Å². The molecular weight excluding hydrogens is 272 g/mol. The van der Waals surface area contributed by atoms with Gasteiger partial charge in [-0.2, -0.15) is 0 Å². The predicted octanol–water partition coefficient (Wildman–Crippen LogP) is 2.81. The maximum atomic E-state index is 11.9. The number of hydrogen-bond donors (Lipinski definition) is 1. The van der Waals surface area contributed by atoms with Crippen LogP contribution in [0.5, 0.6) is 0 Å². The van der Waals surface area contributed by atoms with E-state index in [0.717, 1.165) is 0 Å². The maximum absolute atomic E-state index is 11.9. The molecule has 0 atom stereocenters. The van der Waals surface area contributed by atoms with Crippen molar-refractivity contribution >= 4 is 12.2 Å². The van der Waals surface area contributed by atoms with Crippen LogP contribution >= 0.6 is 0 Å². The third-order valence-electron chi connectivity index (χ3n) is 2.88. The third kappa shape index (κ3) is 6.33. The summed E-state index contributed by atoms with van der Waals surface area (Å²) in [6.07, 6.45) is 1.54. The van der Waals surface area contributed by atoms with Crippen LogP contribution in [0.15, 0.2) is 24.9 Å². The lowest BCUT2D eigenvalue weighted by Gasteiger charge is -2.33. The lowest BCUT2D eigenvalue weighted by molar-refractivity contribution is 0.00680. The van der Waals surface area contributed by atoms with Gasteiger partial charge in [-0.25, -0.2) is 9.59 Å². The summed E-state index contributed by atoms with van der Waals surface area (Å²) in [6, 6.07) is 0. The Morgan fingerprint density at radius 2 is 1.86 bits per heavy atom. The number of likely N-dealkylation sites (tertiary alicyclic amines) is 1. The predicted molar refractivity (Wildman–Crippen MR) is 79.8 cm³/mol. The molecule has 1 fully saturated rings. The van der Waals surface area contributed by atoms with E-state index in [1.807, 2.05) is 20.8 Å². The molecule has 1 N–H and O–H groups in total. The van der Waals surface area contributed by atoms with Crippen molar-refractivity contribution in [2.24, 2.45) is 0 Å². The van der Waals surface area contributed by atoms with E-state index in [1.165, 1.54) is 6.08 Å². The number of rotatable bonds is 3. The molecule has 6 nitrogen and oxygen atoms in total. The number of nitrogens with one attached hydrogen (secondary N) is 1. The highest BCUT2D eigenvalue weighted by Crippen LogP contribution is 2.17. The van der Waals surface area contributed by atoms with Crippen molar-refractivity contribution in [2.45, 2.75) is 45.3 Å². The Kier molecular flexibility index (Phi) is 5.81. The molecule has 6 heteroatoms. The average molecular weight is 296 g/mol. The van der Waals surface area contributed by atoms with Gasteiger partial charge in [0.05, 0.1) is 0 Å². The Labute approximate surface area is 125 Å². The number of allylic oxidation sites excluding steroid dienone is 1. The van der Waals surface area contributed by atoms with Crippen LogP contribution in [0.3, 0.4) is 0 Å². The summed E-state index contributed by atoms with van der Waals surface area (Å²) in [5, 5.41) is 2.46. The standard InChI is InChI=1S/C15H24N2O4/c1-6-11(2)16-13(18)20-12-7-9-17(10-8-12)14(19)21-15(3,4)5/h6,12H,1-2,7-10H2,3-5H3,(H,16,18). The van der Waals surface area contributed by atoms with E-state index in [9.17, 15) is 9.59 Å². The Hall–Kier alpha value is -1.98. The van der Waals surface area contributed by atoms with Crippen molar-refractivity contribution in [3.8, 4) is 0 Å². The number of hydrogen-bond acceptors (Lipinski definition) is 4. The molecule has 1 aliphatic rings. The van der Waals surface area contributed by atoms with Gasteiger partial charge in [-0.05, 0) is 26.8 Å². The highest BCUT2D eigenvalue weighted by Gasteiger charge is 2.28. The first-order valence-electron chi connectivity index (χ1n) is 6.98. The number of piperidine rings is 1. The molecule has 0 aliphatic carbocycles. The van der Waals surface area contributed by atoms with Crippen LogP contribution in [0.1, 0.15) is 33.6 Å². The number of nitrogens with zero attached hydrogens (tertiary/aromatic N) is 1. The molecule has 0 aromatic carbocycles. The molecule has 21 heavy (non-hydrogen) atoms. The summed E-state index contributed by atoms with van der Waals surface area (Å²) in [7, 11) is 0. The van der Waals surface area contributed by atoms with Gasteiger partial charge in [0.25, 0.3) is 0 Å². The summed E-state index contributed by atoms with van der Waals surface area (Å²) in [6.45, 7) is 13.6. The molecule has 2 amide bonds. The molecular formula is C15H24N2O4. The van der Waals surface area contributed by atoms with Crippen molar-refractivity contribution < 1.29 is 19.1 Å². The van der Waals surface area contributed by atoms with Crippen LogP contribution in [0, 0.1) is 0 Å². The van der Waals surface area contributed by atoms with Gasteiger partial charge in [0, 0.05) is 31.6 Å². The van der Waals surface area contributed by atoms with Crippen LogP contribution in [0.25, 0.3) is 0 Å². The maximum Gasteiger partial charge on any atom is 0.411 e. The molecule has 1 heterocycles. The van der Waals surface area contributed by atoms with Gasteiger partial charge in [0.2, 0.25) is 0 Å². The highest BCUT2D eigenvalue weighted by atomic mass is 16.6. The fourth-order valence-corrected chi connectivity index (χ4v) is 1.85. The topological polar surface area (TPSA) is 67.9 Å². The molecule has 118 valence electrons. The smallest absolute Gasteiger partial charge is 0.411 e. The summed E-state index contributed by atoms with van der Waals surface area (Å²) >= 11 is 0. The molecule has 0 unspecified atom stereocenters. The SMILES string of the molecule is C=CC(=C)NC(=O)OC1CCN(C(=O)OC(C)(C)C)CC1. The molecule has 1 aliphatic heterocycles. The van der Waals surface area contributed by atoms with Crippen LogP contribution in [-0.4, -0.2) is 41.9 Å². The fourth-order valence-electron chi connectivity index (χ4n) is 1.85. The van der Waals surface area contributed by atoms with Crippen molar-refractivity contribution in [3.63, 3.8) is 0 Å². The Balaban J connectivity index is 2.35. The molecule has 0 bridgehead atoms. The van der Waals surface area contributed by atoms with E-state index >= 15 is 0 Å². The minimum absolute atomic E-state index is 0.207. The van der Waals surface area contributed by atoms with Gasteiger partial charge < -0.3 is 14.4 Å². The van der Waals surface area contributed by atoms with E-state index in [1.54, 1.807) is 4.90 Å². The van der Waals surface area contributed by atoms with Crippen LogP contribution in [-0.2, 0) is 9.47 Å². The largest absolute Gasteiger partial charge is 0.446 e. The fraction of sp³-hybridized carbons (Fsp3) is 0.600. The van der Waals surface area contributed by atoms with Crippen LogP contribution < -0.4 is 5.32 Å². The summed E-state index contributed by atoms with van der Waals surface area (Å²) in [5.41, 5.74) is -0.110. The Morgan fingerprint density at radius 3 is 2.33 bits per heavy atom. The zero-order valence-electron chi connectivity index (χ0n) is 13.0. The van der Waals surface area contributed by atoms with Gasteiger partial charge in [-0.3, -0.25) is 5.32 Å². The van der Waals surface area contributed by atoms with Crippen molar-refractivity contribution in [1.82, 2.24) is 10.2 Å². The van der Waals surface area contributed by atoms with Crippen LogP contribution in [0.2, 0.25) is 0 Å². The van der Waals surface area contributed by atoms with E-state index in [4.69, 9.17) is 9.47 Å². The number of alkyl carbamates (subject to hydrolysis) is 1. The molecule has 0 aromatic heterocycles. The summed E-state index contributed by atoms with van der Waals surface area (Å²) in [5.74, 6) is 0. The first-order valence-corrected chi connectivity index (χ1v) is 6.98. The van der Waals surface area contributed by atoms with Gasteiger partial charge in [-0.1, -0.05) is 13.2 Å². The number of amides is 2. The number of carbonyl (C=O) groups is 2. The third-order valence-corrected chi connectivity index (χ3v) is 2.88. The van der Waals surface area contributed by atoms with Crippen molar-refractivity contribution in [1.29, 1.82) is 0 Å². The van der Waals surface area contributed by atoms with E-state index in [-0.39, 0.29) is 12.2 Å². The quantitative estimate of drug-likeness (QED) is 0.813. The summed E-state index contributed by atoms with van der Waals surface area (Å²) in [4.78, 5) is 25.1. The molecule has 1 rings (SSSR count). The zero-order chi connectivity index (χ0) is 16.0. The molecule has 0 saturated carbocycles. The monoisotopic (exact) mass is 296 g/mol. The first-order chi connectivity index (χ1) is 9.71. The molecule has 1 saturated heterocycles. The van der Waals surface area contributed by atoms with Crippen LogP contribution in [0.4, 0.5) is 9.59 Å². The minimum atomic E-state index is -0.546. The zero-order valence-corrected chi connectivity index (χ0v) is 13.0. The molecule has 0 radical (unpaired) electrons. The van der Waals surface area contributed by atoms with E-state index < -0.39 is 11.7 Å². The average Bonchev–Trinajstić information content (AvgIpc) is 2.37. The first kappa shape index (κ1) is 17.1. The van der Waals surface area contributed by atoms with E-state index in [0.29, 0.717) is 31.6 Å². The number of carbonyl (C=O) groups excluding carboxylic acids is 2. The minimum Gasteiger partial charge on any atom is -0.446 e. The van der Waals surface area contributed by atoms with Gasteiger partial charge in [-0.15, -0.1) is 0 Å². The molecule has 0 aromatic rings. The normalized spacial score (nSPS) is 16.0. The van der Waals surface area contributed by atoms with Gasteiger partial charge in [0.15, 0.2) is 0 Å². The summed E-state index contributed by atoms with van der Waals surface area (Å²) < 4.78 is 10.6. The lowest BCUT2D eigenvalue weighted by atomic mass is 10.1. The van der Waals surface area contributed by atoms with Gasteiger partial charge in [0.1, 0.15) is 11.7 Å². The van der Waals surface area contributed by atoms with Crippen molar-refractivity contribution in [2.75, 3.05) is 13.1 Å². The second-order valence-corrected chi connectivity index (χ2v) is 5.93. The second kappa shape index (κ2) is 7.15. The number of ether oxygens (including phenoxy) is 2. The molecule has 0 spiro atoms. The Morgan fingerprint density at radius 1 is 1.29 bits per heavy atom. The second-order valence-electron chi connectivity index (χ2n) is 5.93. The van der Waals surface area contributed by atoms with Gasteiger partial charge >= 0.3 is 12.2 Å². The highest BCUT2D eigenvalue weighted by molar-refractivity contribution is 5.70. The Bertz CT molecular complexity index is 418. The lowest BCUT2D eigenvalue weighted by Crippen LogP contribution is -2.44.